The van der Waals surface area contributed by atoms with Crippen LogP contribution < -0.4 is 4.18 Å². The number of aromatic hydroxyl groups is 1. The minimum Gasteiger partial charge on any atom is -0.508 e. The molecule has 0 atom stereocenters. The number of phenols is 1. The molecule has 21 heavy (non-hydrogen) atoms. The van der Waals surface area contributed by atoms with E-state index >= 15 is 0 Å². The van der Waals surface area contributed by atoms with Gasteiger partial charge in [-0.25, -0.2) is 0 Å². The molecule has 0 aliphatic heterocycles. The second-order valence-corrected chi connectivity index (χ2v) is 6.19. The van der Waals surface area contributed by atoms with Crippen molar-refractivity contribution in [3.05, 3.63) is 23.3 Å². The number of unbranched alkanes of at least 4 members (excludes halogenated alkanes) is 3. The molecular weight excluding hydrogens is 292 g/mol. The van der Waals surface area contributed by atoms with Gasteiger partial charge in [0.05, 0.1) is 0 Å². The molecule has 0 saturated heterocycles. The van der Waals surface area contributed by atoms with Crippen LogP contribution in [0.4, 0.5) is 0 Å². The first kappa shape index (κ1) is 17.8. The highest BCUT2D eigenvalue weighted by Crippen LogP contribution is 2.32. The minimum atomic E-state index is -4.59. The van der Waals surface area contributed by atoms with Gasteiger partial charge in [-0.15, -0.1) is 0 Å². The van der Waals surface area contributed by atoms with Crippen molar-refractivity contribution in [1.82, 2.24) is 0 Å². The molecular formula is C15H24O5S. The van der Waals surface area contributed by atoms with Crippen LogP contribution in [0.2, 0.25) is 0 Å². The highest BCUT2D eigenvalue weighted by molar-refractivity contribution is 7.81. The topological polar surface area (TPSA) is 83.8 Å². The number of aryl methyl sites for hydroxylation is 1. The van der Waals surface area contributed by atoms with Crippen LogP contribution in [0.3, 0.4) is 0 Å². The Kier molecular flexibility index (Phi) is 6.98. The van der Waals surface area contributed by atoms with Crippen LogP contribution >= 0.6 is 0 Å². The van der Waals surface area contributed by atoms with Crippen molar-refractivity contribution in [1.29, 1.82) is 0 Å². The van der Waals surface area contributed by atoms with Crippen LogP contribution in [0.15, 0.2) is 12.1 Å². The van der Waals surface area contributed by atoms with Gasteiger partial charge >= 0.3 is 10.4 Å². The third-order valence-electron chi connectivity index (χ3n) is 3.29. The molecule has 0 fully saturated rings. The highest BCUT2D eigenvalue weighted by Gasteiger charge is 2.16. The fourth-order valence-electron chi connectivity index (χ4n) is 2.20. The van der Waals surface area contributed by atoms with Crippen molar-refractivity contribution in [3.63, 3.8) is 0 Å². The van der Waals surface area contributed by atoms with E-state index < -0.39 is 10.4 Å². The number of hydrogen-bond donors (Lipinski definition) is 2. The predicted molar refractivity (Wildman–Crippen MR) is 82.1 cm³/mol. The molecule has 1 rings (SSSR count). The summed E-state index contributed by atoms with van der Waals surface area (Å²) in [6, 6.07) is 3.24. The molecule has 0 bridgehead atoms. The summed E-state index contributed by atoms with van der Waals surface area (Å²) in [5.41, 5.74) is 1.23. The molecule has 1 aromatic carbocycles. The summed E-state index contributed by atoms with van der Waals surface area (Å²) in [4.78, 5) is 0. The lowest BCUT2D eigenvalue weighted by molar-refractivity contribution is 0.382. The summed E-state index contributed by atoms with van der Waals surface area (Å²) >= 11 is 0. The molecule has 0 aliphatic carbocycles. The van der Waals surface area contributed by atoms with E-state index in [0.29, 0.717) is 12.0 Å². The van der Waals surface area contributed by atoms with E-state index in [9.17, 15) is 13.5 Å². The van der Waals surface area contributed by atoms with Gasteiger partial charge in [-0.05, 0) is 43.4 Å². The summed E-state index contributed by atoms with van der Waals surface area (Å²) < 4.78 is 35.4. The van der Waals surface area contributed by atoms with E-state index in [1.807, 2.05) is 6.92 Å². The smallest absolute Gasteiger partial charge is 0.446 e. The van der Waals surface area contributed by atoms with Crippen LogP contribution in [-0.4, -0.2) is 18.1 Å². The zero-order valence-corrected chi connectivity index (χ0v) is 13.4. The summed E-state index contributed by atoms with van der Waals surface area (Å²) in [5, 5.41) is 10.1. The van der Waals surface area contributed by atoms with Crippen molar-refractivity contribution in [2.45, 2.75) is 58.8 Å². The molecule has 0 heterocycles. The van der Waals surface area contributed by atoms with Crippen LogP contribution in [0, 0.1) is 0 Å². The van der Waals surface area contributed by atoms with Crippen molar-refractivity contribution in [3.8, 4) is 11.5 Å². The second kappa shape index (κ2) is 8.24. The number of rotatable bonds is 9. The van der Waals surface area contributed by atoms with Crippen LogP contribution in [0.1, 0.15) is 57.1 Å². The van der Waals surface area contributed by atoms with E-state index in [2.05, 4.69) is 11.1 Å². The van der Waals surface area contributed by atoms with E-state index in [0.717, 1.165) is 44.1 Å². The van der Waals surface area contributed by atoms with Gasteiger partial charge in [-0.3, -0.25) is 4.55 Å². The first-order valence-electron chi connectivity index (χ1n) is 7.39. The fourth-order valence-corrected chi connectivity index (χ4v) is 2.58. The lowest BCUT2D eigenvalue weighted by atomic mass is 10.0. The van der Waals surface area contributed by atoms with Gasteiger partial charge in [0.15, 0.2) is 5.75 Å². The van der Waals surface area contributed by atoms with E-state index in [1.54, 1.807) is 12.1 Å². The number of phenolic OH excluding ortho intramolecular Hbond substituents is 1. The Balaban J connectivity index is 3.06. The summed E-state index contributed by atoms with van der Waals surface area (Å²) in [7, 11) is -4.59. The Bertz CT molecular complexity index is 551. The zero-order chi connectivity index (χ0) is 15.9. The van der Waals surface area contributed by atoms with Gasteiger partial charge in [0.25, 0.3) is 0 Å². The highest BCUT2D eigenvalue weighted by atomic mass is 32.3. The summed E-state index contributed by atoms with van der Waals surface area (Å²) in [6.07, 6.45) is 6.03. The number of benzene rings is 1. The standard InChI is InChI=1S/C15H24O5S/c1-3-5-7-8-12-10-14(16)13(9-6-4-2)15(11-12)20-21(17,18)19/h10-11,16H,3-9H2,1-2H3,(H,17,18,19). The van der Waals surface area contributed by atoms with Crippen molar-refractivity contribution in [2.75, 3.05) is 0 Å². The van der Waals surface area contributed by atoms with Gasteiger partial charge in [-0.1, -0.05) is 33.1 Å². The average molecular weight is 316 g/mol. The SMILES string of the molecule is CCCCCc1cc(O)c(CCCC)c(OS(=O)(=O)O)c1. The van der Waals surface area contributed by atoms with Crippen molar-refractivity contribution >= 4 is 10.4 Å². The maximum absolute atomic E-state index is 11.0. The molecule has 1 aromatic rings. The largest absolute Gasteiger partial charge is 0.508 e. The Morgan fingerprint density at radius 3 is 2.29 bits per heavy atom. The van der Waals surface area contributed by atoms with Gasteiger partial charge < -0.3 is 9.29 Å². The lowest BCUT2D eigenvalue weighted by Crippen LogP contribution is -2.09. The molecule has 0 aliphatic rings. The van der Waals surface area contributed by atoms with Gasteiger partial charge in [0, 0.05) is 5.56 Å². The normalized spacial score (nSPS) is 11.6. The van der Waals surface area contributed by atoms with Gasteiger partial charge in [0.1, 0.15) is 5.75 Å². The Labute approximate surface area is 126 Å². The molecule has 5 nitrogen and oxygen atoms in total. The Hall–Kier alpha value is -1.27. The molecule has 0 saturated carbocycles. The van der Waals surface area contributed by atoms with Crippen molar-refractivity contribution in [2.24, 2.45) is 0 Å². The lowest BCUT2D eigenvalue weighted by Gasteiger charge is -2.13. The molecule has 0 radical (unpaired) electrons. The third kappa shape index (κ3) is 6.35. The van der Waals surface area contributed by atoms with Crippen LogP contribution in [0.25, 0.3) is 0 Å². The van der Waals surface area contributed by atoms with E-state index in [4.69, 9.17) is 4.55 Å². The summed E-state index contributed by atoms with van der Waals surface area (Å²) in [6.45, 7) is 4.09. The van der Waals surface area contributed by atoms with Gasteiger partial charge in [-0.2, -0.15) is 8.42 Å². The maximum atomic E-state index is 11.0. The fraction of sp³-hybridized carbons (Fsp3) is 0.600. The van der Waals surface area contributed by atoms with Crippen molar-refractivity contribution < 1.29 is 22.3 Å². The van der Waals surface area contributed by atoms with Gasteiger partial charge in [0.2, 0.25) is 0 Å². The predicted octanol–water partition coefficient (Wildman–Crippen LogP) is 3.65. The second-order valence-electron chi connectivity index (χ2n) is 5.16. The Morgan fingerprint density at radius 1 is 1.05 bits per heavy atom. The monoisotopic (exact) mass is 316 g/mol. The first-order chi connectivity index (χ1) is 9.87. The van der Waals surface area contributed by atoms with E-state index in [-0.39, 0.29) is 11.5 Å². The van der Waals surface area contributed by atoms with E-state index in [1.165, 1.54) is 0 Å². The van der Waals surface area contributed by atoms with Crippen LogP contribution in [0.5, 0.6) is 11.5 Å². The molecule has 120 valence electrons. The average Bonchev–Trinajstić information content (AvgIpc) is 2.36. The Morgan fingerprint density at radius 2 is 1.71 bits per heavy atom. The molecule has 0 spiro atoms. The maximum Gasteiger partial charge on any atom is 0.446 e. The molecule has 0 unspecified atom stereocenters. The molecule has 0 aromatic heterocycles. The zero-order valence-electron chi connectivity index (χ0n) is 12.6. The molecule has 2 N–H and O–H groups in total. The van der Waals surface area contributed by atoms with Crippen LogP contribution in [-0.2, 0) is 23.2 Å². The minimum absolute atomic E-state index is 0.0242. The first-order valence-corrected chi connectivity index (χ1v) is 8.75. The quantitative estimate of drug-likeness (QED) is 0.536. The molecule has 0 amide bonds. The number of hydrogen-bond acceptors (Lipinski definition) is 4. The summed E-state index contributed by atoms with van der Waals surface area (Å²) in [5.74, 6) is 0.0496. The third-order valence-corrected chi connectivity index (χ3v) is 3.68. The molecule has 6 heteroatoms.